The lowest BCUT2D eigenvalue weighted by molar-refractivity contribution is 0.0600. The van der Waals surface area contributed by atoms with Crippen LogP contribution in [0.15, 0.2) is 79.0 Å². The van der Waals surface area contributed by atoms with E-state index in [0.717, 1.165) is 34.0 Å². The highest BCUT2D eigenvalue weighted by Crippen LogP contribution is 2.44. The van der Waals surface area contributed by atoms with Crippen molar-refractivity contribution in [1.82, 2.24) is 14.9 Å². The highest BCUT2D eigenvalue weighted by Gasteiger charge is 2.42. The summed E-state index contributed by atoms with van der Waals surface area (Å²) in [5.41, 5.74) is 5.96. The average molecular weight is 499 g/mol. The van der Waals surface area contributed by atoms with Gasteiger partial charge in [0.25, 0.3) is 0 Å². The molecule has 2 aromatic heterocycles. The van der Waals surface area contributed by atoms with Gasteiger partial charge in [-0.1, -0.05) is 18.2 Å². The van der Waals surface area contributed by atoms with Gasteiger partial charge in [-0.05, 0) is 86.2 Å². The van der Waals surface area contributed by atoms with Gasteiger partial charge in [0, 0.05) is 23.3 Å². The quantitative estimate of drug-likeness (QED) is 0.291. The minimum absolute atomic E-state index is 0.187. The van der Waals surface area contributed by atoms with Crippen molar-refractivity contribution in [3.63, 3.8) is 0 Å². The number of phenolic OH excluding ortho intramolecular Hbond substituents is 1. The Labute approximate surface area is 215 Å². The molecular weight excluding hydrogens is 472 g/mol. The molecule has 1 saturated heterocycles. The second-order valence-electron chi connectivity index (χ2n) is 8.68. The van der Waals surface area contributed by atoms with E-state index >= 15 is 0 Å². The van der Waals surface area contributed by atoms with E-state index in [0.29, 0.717) is 10.7 Å². The van der Waals surface area contributed by atoms with Crippen LogP contribution in [0.3, 0.4) is 0 Å². The molecule has 0 saturated carbocycles. The Morgan fingerprint density at radius 1 is 1.06 bits per heavy atom. The summed E-state index contributed by atoms with van der Waals surface area (Å²) in [4.78, 5) is 19.2. The molecule has 4 aromatic rings. The Kier molecular flexibility index (Phi) is 6.20. The number of benzene rings is 2. The third-order valence-electron chi connectivity index (χ3n) is 6.57. The fourth-order valence-corrected chi connectivity index (χ4v) is 5.32. The van der Waals surface area contributed by atoms with Gasteiger partial charge in [0.15, 0.2) is 5.11 Å². The zero-order valence-corrected chi connectivity index (χ0v) is 21.0. The number of esters is 1. The maximum absolute atomic E-state index is 12.5. The Hall–Kier alpha value is -4.17. The molecule has 8 heteroatoms. The Morgan fingerprint density at radius 2 is 1.78 bits per heavy atom. The van der Waals surface area contributed by atoms with Crippen LogP contribution in [-0.2, 0) is 4.74 Å². The first-order valence-corrected chi connectivity index (χ1v) is 12.0. The molecule has 5 rings (SSSR count). The number of phenols is 1. The van der Waals surface area contributed by atoms with E-state index in [-0.39, 0.29) is 23.8 Å². The molecule has 1 aliphatic rings. The Morgan fingerprint density at radius 3 is 2.47 bits per heavy atom. The number of hydrogen-bond donors (Lipinski definition) is 2. The van der Waals surface area contributed by atoms with Crippen LogP contribution < -0.4 is 10.2 Å². The van der Waals surface area contributed by atoms with Gasteiger partial charge in [-0.25, -0.2) is 4.79 Å². The summed E-state index contributed by atoms with van der Waals surface area (Å²) < 4.78 is 7.12. The van der Waals surface area contributed by atoms with Crippen LogP contribution in [0, 0.1) is 13.8 Å². The molecule has 0 spiro atoms. The Balaban J connectivity index is 1.69. The summed E-state index contributed by atoms with van der Waals surface area (Å²) in [7, 11) is 1.39. The van der Waals surface area contributed by atoms with E-state index in [9.17, 15) is 9.90 Å². The van der Waals surface area contributed by atoms with E-state index in [1.54, 1.807) is 24.4 Å². The first kappa shape index (κ1) is 23.6. The number of thiocarbonyl (C=S) groups is 1. The summed E-state index contributed by atoms with van der Waals surface area (Å²) in [6.07, 6.45) is 1.77. The normalized spacial score (nSPS) is 17.2. The SMILES string of the molecule is COC(=O)c1ccccc1-n1c(C)cc([C@H]2[C@@H](c3ccccn3)NC(=S)N2c2ccc(O)cc2)c1C. The topological polar surface area (TPSA) is 79.6 Å². The van der Waals surface area contributed by atoms with E-state index in [4.69, 9.17) is 17.0 Å². The van der Waals surface area contributed by atoms with Crippen molar-refractivity contribution in [1.29, 1.82) is 0 Å². The molecule has 0 amide bonds. The van der Waals surface area contributed by atoms with Crippen LogP contribution in [0.4, 0.5) is 5.69 Å². The van der Waals surface area contributed by atoms with Crippen LogP contribution in [-0.4, -0.2) is 32.8 Å². The summed E-state index contributed by atoms with van der Waals surface area (Å²) in [6, 6.07) is 22.0. The number of nitrogens with zero attached hydrogens (tertiary/aromatic N) is 3. The van der Waals surface area contributed by atoms with Crippen molar-refractivity contribution < 1.29 is 14.6 Å². The van der Waals surface area contributed by atoms with Gasteiger partial charge in [0.1, 0.15) is 5.75 Å². The van der Waals surface area contributed by atoms with E-state index in [1.807, 2.05) is 62.4 Å². The fourth-order valence-electron chi connectivity index (χ4n) is 4.97. The van der Waals surface area contributed by atoms with Crippen molar-refractivity contribution in [2.24, 2.45) is 0 Å². The molecular formula is C28H26N4O3S. The molecule has 1 aliphatic heterocycles. The van der Waals surface area contributed by atoms with Gasteiger partial charge < -0.3 is 24.6 Å². The number of carbonyl (C=O) groups excluding carboxylic acids is 1. The van der Waals surface area contributed by atoms with Crippen molar-refractivity contribution in [2.75, 3.05) is 12.0 Å². The van der Waals surface area contributed by atoms with E-state index in [1.165, 1.54) is 7.11 Å². The van der Waals surface area contributed by atoms with Crippen molar-refractivity contribution in [3.8, 4) is 11.4 Å². The summed E-state index contributed by atoms with van der Waals surface area (Å²) >= 11 is 5.81. The number of rotatable bonds is 5. The number of pyridine rings is 1. The number of aryl methyl sites for hydroxylation is 1. The predicted molar refractivity (Wildman–Crippen MR) is 143 cm³/mol. The molecule has 0 radical (unpaired) electrons. The van der Waals surface area contributed by atoms with Crippen molar-refractivity contribution >= 4 is 29.0 Å². The fraction of sp³-hybridized carbons (Fsp3) is 0.179. The zero-order chi connectivity index (χ0) is 25.4. The smallest absolute Gasteiger partial charge is 0.339 e. The molecule has 182 valence electrons. The van der Waals surface area contributed by atoms with Crippen LogP contribution in [0.5, 0.6) is 5.75 Å². The lowest BCUT2D eigenvalue weighted by Crippen LogP contribution is -2.29. The summed E-state index contributed by atoms with van der Waals surface area (Å²) in [5, 5.41) is 13.9. The van der Waals surface area contributed by atoms with Gasteiger partial charge >= 0.3 is 5.97 Å². The second-order valence-corrected chi connectivity index (χ2v) is 9.07. The third-order valence-corrected chi connectivity index (χ3v) is 6.88. The molecule has 0 aliphatic carbocycles. The molecule has 2 N–H and O–H groups in total. The Bertz CT molecular complexity index is 1430. The number of carbonyl (C=O) groups is 1. The lowest BCUT2D eigenvalue weighted by Gasteiger charge is -2.28. The highest BCUT2D eigenvalue weighted by molar-refractivity contribution is 7.80. The average Bonchev–Trinajstić information content (AvgIpc) is 3.39. The highest BCUT2D eigenvalue weighted by atomic mass is 32.1. The van der Waals surface area contributed by atoms with Gasteiger partial charge in [-0.3, -0.25) is 4.98 Å². The number of para-hydroxylation sites is 1. The van der Waals surface area contributed by atoms with E-state index in [2.05, 4.69) is 25.8 Å². The molecule has 0 unspecified atom stereocenters. The number of aromatic nitrogens is 2. The second kappa shape index (κ2) is 9.47. The maximum Gasteiger partial charge on any atom is 0.339 e. The van der Waals surface area contributed by atoms with Crippen molar-refractivity contribution in [3.05, 3.63) is 107 Å². The zero-order valence-electron chi connectivity index (χ0n) is 20.2. The van der Waals surface area contributed by atoms with Gasteiger partial charge in [0.05, 0.1) is 36.1 Å². The standard InChI is InChI=1S/C28H26N4O3S/c1-17-16-22(18(2)31(17)24-10-5-4-8-21(24)27(34)35-3)26-25(23-9-6-7-15-29-23)30-28(36)32(26)19-11-13-20(33)14-12-19/h4-16,25-26,33H,1-3H3,(H,30,36)/t25-,26+/m1/s1. The van der Waals surface area contributed by atoms with Gasteiger partial charge in [-0.15, -0.1) is 0 Å². The number of aromatic hydroxyl groups is 1. The number of nitrogens with one attached hydrogen (secondary N) is 1. The summed E-state index contributed by atoms with van der Waals surface area (Å²) in [6.45, 7) is 4.06. The molecule has 3 heterocycles. The molecule has 2 aromatic carbocycles. The largest absolute Gasteiger partial charge is 0.508 e. The van der Waals surface area contributed by atoms with Crippen LogP contribution in [0.2, 0.25) is 0 Å². The monoisotopic (exact) mass is 498 g/mol. The minimum atomic E-state index is -0.388. The van der Waals surface area contributed by atoms with Crippen LogP contribution >= 0.6 is 12.2 Å². The van der Waals surface area contributed by atoms with Gasteiger partial charge in [0.2, 0.25) is 0 Å². The number of methoxy groups -OCH3 is 1. The minimum Gasteiger partial charge on any atom is -0.508 e. The predicted octanol–water partition coefficient (Wildman–Crippen LogP) is 5.16. The third kappa shape index (κ3) is 3.99. The van der Waals surface area contributed by atoms with Crippen molar-refractivity contribution in [2.45, 2.75) is 25.9 Å². The number of anilines is 1. The molecule has 2 atom stereocenters. The number of hydrogen-bond acceptors (Lipinski definition) is 5. The first-order chi connectivity index (χ1) is 17.4. The van der Waals surface area contributed by atoms with Crippen LogP contribution in [0.25, 0.3) is 5.69 Å². The molecule has 7 nitrogen and oxygen atoms in total. The van der Waals surface area contributed by atoms with E-state index < -0.39 is 0 Å². The van der Waals surface area contributed by atoms with Gasteiger partial charge in [-0.2, -0.15) is 0 Å². The molecule has 36 heavy (non-hydrogen) atoms. The summed E-state index contributed by atoms with van der Waals surface area (Å²) in [5.74, 6) is -0.201. The molecule has 0 bridgehead atoms. The first-order valence-electron chi connectivity index (χ1n) is 11.6. The molecule has 1 fully saturated rings. The lowest BCUT2D eigenvalue weighted by atomic mass is 9.96. The number of ether oxygens (including phenoxy) is 1. The maximum atomic E-state index is 12.5. The van der Waals surface area contributed by atoms with Crippen LogP contribution in [0.1, 0.15) is 45.1 Å².